The second kappa shape index (κ2) is 6.68. The van der Waals surface area contributed by atoms with Crippen LogP contribution in [0.2, 0.25) is 0 Å². The highest BCUT2D eigenvalue weighted by Crippen LogP contribution is 2.23. The van der Waals surface area contributed by atoms with Gasteiger partial charge in [-0.3, -0.25) is 0 Å². The maximum atomic E-state index is 9.26. The van der Waals surface area contributed by atoms with Gasteiger partial charge in [-0.15, -0.1) is 0 Å². The van der Waals surface area contributed by atoms with Crippen molar-refractivity contribution in [3.05, 3.63) is 41.2 Å². The number of hydrogen-bond donors (Lipinski definition) is 2. The molecule has 0 aliphatic rings. The minimum atomic E-state index is 0.323. The summed E-state index contributed by atoms with van der Waals surface area (Å²) in [6.45, 7) is 2.22. The quantitative estimate of drug-likeness (QED) is 0.877. The molecule has 0 fully saturated rings. The van der Waals surface area contributed by atoms with Gasteiger partial charge in [0.2, 0.25) is 0 Å². The maximum Gasteiger partial charge on any atom is 0.158 e. The zero-order valence-corrected chi connectivity index (χ0v) is 12.3. The average molecular weight is 283 g/mol. The third-order valence-corrected chi connectivity index (χ3v) is 2.95. The molecule has 0 atom stereocenters. The number of methoxy groups -OCH3 is 1. The number of ether oxygens (including phenoxy) is 1. The van der Waals surface area contributed by atoms with Crippen LogP contribution < -0.4 is 10.6 Å². The highest BCUT2D eigenvalue weighted by atomic mass is 16.5. The number of benzene rings is 1. The highest BCUT2D eigenvalue weighted by molar-refractivity contribution is 5.67. The van der Waals surface area contributed by atoms with Gasteiger partial charge in [0.25, 0.3) is 0 Å². The van der Waals surface area contributed by atoms with Crippen LogP contribution in [0.25, 0.3) is 0 Å². The molecule has 1 aromatic heterocycles. The smallest absolute Gasteiger partial charge is 0.158 e. The zero-order valence-electron chi connectivity index (χ0n) is 12.3. The van der Waals surface area contributed by atoms with Gasteiger partial charge in [-0.1, -0.05) is 12.1 Å². The molecule has 108 valence electrons. The summed E-state index contributed by atoms with van der Waals surface area (Å²) >= 11 is 0. The van der Waals surface area contributed by atoms with Crippen LogP contribution in [-0.4, -0.2) is 24.1 Å². The first-order valence-corrected chi connectivity index (χ1v) is 6.49. The average Bonchev–Trinajstić information content (AvgIpc) is 2.47. The Morgan fingerprint density at radius 2 is 2.05 bits per heavy atom. The van der Waals surface area contributed by atoms with E-state index in [-0.39, 0.29) is 0 Å². The Labute approximate surface area is 123 Å². The summed E-state index contributed by atoms with van der Waals surface area (Å²) in [6.07, 6.45) is 0. The summed E-state index contributed by atoms with van der Waals surface area (Å²) in [7, 11) is 3.38. The van der Waals surface area contributed by atoms with Crippen LogP contribution in [0.15, 0.2) is 24.3 Å². The number of rotatable bonds is 5. The molecule has 0 saturated carbocycles. The lowest BCUT2D eigenvalue weighted by Crippen LogP contribution is -2.05. The molecule has 1 heterocycles. The minimum Gasteiger partial charge on any atom is -0.377 e. The van der Waals surface area contributed by atoms with E-state index in [1.54, 1.807) is 20.2 Å². The Kier molecular flexibility index (Phi) is 4.69. The molecule has 0 radical (unpaired) electrons. The molecular formula is C15H17N5O. The van der Waals surface area contributed by atoms with Gasteiger partial charge in [0.1, 0.15) is 24.3 Å². The summed E-state index contributed by atoms with van der Waals surface area (Å²) in [6, 6.07) is 9.64. The minimum absolute atomic E-state index is 0.323. The molecule has 0 bridgehead atoms. The van der Waals surface area contributed by atoms with E-state index in [4.69, 9.17) is 4.74 Å². The van der Waals surface area contributed by atoms with Gasteiger partial charge in [-0.25, -0.2) is 9.97 Å². The summed E-state index contributed by atoms with van der Waals surface area (Å²) in [5, 5.41) is 15.4. The molecule has 6 nitrogen and oxygen atoms in total. The highest BCUT2D eigenvalue weighted by Gasteiger charge is 2.08. The van der Waals surface area contributed by atoms with E-state index >= 15 is 0 Å². The van der Waals surface area contributed by atoms with E-state index in [0.717, 1.165) is 11.3 Å². The molecule has 0 amide bonds. The number of hydrogen-bond acceptors (Lipinski definition) is 6. The molecule has 0 unspecified atom stereocenters. The maximum absolute atomic E-state index is 9.26. The molecule has 2 aromatic rings. The Bertz CT molecular complexity index is 678. The van der Waals surface area contributed by atoms with Crippen molar-refractivity contribution in [2.75, 3.05) is 24.8 Å². The van der Waals surface area contributed by atoms with Crippen LogP contribution in [0.4, 0.5) is 17.3 Å². The summed E-state index contributed by atoms with van der Waals surface area (Å²) in [4.78, 5) is 8.67. The third-order valence-electron chi connectivity index (χ3n) is 2.95. The number of nitrogens with one attached hydrogen (secondary N) is 2. The molecular weight excluding hydrogens is 266 g/mol. The first kappa shape index (κ1) is 14.8. The first-order chi connectivity index (χ1) is 10.2. The van der Waals surface area contributed by atoms with Crippen LogP contribution in [0.5, 0.6) is 0 Å². The Morgan fingerprint density at radius 3 is 2.71 bits per heavy atom. The number of nitriles is 1. The summed E-state index contributed by atoms with van der Waals surface area (Å²) < 4.78 is 5.06. The molecule has 1 aromatic carbocycles. The zero-order chi connectivity index (χ0) is 15.2. The number of aromatic nitrogens is 2. The van der Waals surface area contributed by atoms with Gasteiger partial charge in [0.05, 0.1) is 11.3 Å². The van der Waals surface area contributed by atoms with E-state index in [2.05, 4.69) is 26.7 Å². The molecule has 0 spiro atoms. The standard InChI is InChI=1S/C15H17N5O/c1-10-5-4-6-12(11(10)8-16)18-14-7-13(17-2)19-15(20-14)9-21-3/h4-7H,9H2,1-3H3,(H2,17,18,19,20). The second-order valence-corrected chi connectivity index (χ2v) is 4.47. The van der Waals surface area contributed by atoms with Crippen molar-refractivity contribution in [3.8, 4) is 6.07 Å². The molecule has 0 aliphatic carbocycles. The Hall–Kier alpha value is -2.65. The lowest BCUT2D eigenvalue weighted by Gasteiger charge is -2.11. The molecule has 2 rings (SSSR count). The fourth-order valence-electron chi connectivity index (χ4n) is 1.94. The van der Waals surface area contributed by atoms with Gasteiger partial charge in [-0.2, -0.15) is 5.26 Å². The first-order valence-electron chi connectivity index (χ1n) is 6.49. The molecule has 2 N–H and O–H groups in total. The van der Waals surface area contributed by atoms with Crippen LogP contribution in [0, 0.1) is 18.3 Å². The van der Waals surface area contributed by atoms with E-state index in [0.29, 0.717) is 29.6 Å². The van der Waals surface area contributed by atoms with E-state index < -0.39 is 0 Å². The topological polar surface area (TPSA) is 82.9 Å². The van der Waals surface area contributed by atoms with E-state index in [1.165, 1.54) is 0 Å². The summed E-state index contributed by atoms with van der Waals surface area (Å²) in [5.41, 5.74) is 2.25. The van der Waals surface area contributed by atoms with Crippen molar-refractivity contribution in [3.63, 3.8) is 0 Å². The number of anilines is 3. The van der Waals surface area contributed by atoms with Gasteiger partial charge >= 0.3 is 0 Å². The lowest BCUT2D eigenvalue weighted by molar-refractivity contribution is 0.178. The normalized spacial score (nSPS) is 10.0. The third kappa shape index (κ3) is 3.46. The van der Waals surface area contributed by atoms with E-state index in [1.807, 2.05) is 25.1 Å². The predicted octanol–water partition coefficient (Wildman–Crippen LogP) is 2.59. The summed E-state index contributed by atoms with van der Waals surface area (Å²) in [5.74, 6) is 1.87. The SMILES string of the molecule is CNc1cc(Nc2cccc(C)c2C#N)nc(COC)n1. The van der Waals surface area contributed by atoms with Crippen LogP contribution in [0.1, 0.15) is 17.0 Å². The second-order valence-electron chi connectivity index (χ2n) is 4.47. The number of nitrogens with zero attached hydrogens (tertiary/aromatic N) is 3. The fourth-order valence-corrected chi connectivity index (χ4v) is 1.94. The molecule has 6 heteroatoms. The van der Waals surface area contributed by atoms with E-state index in [9.17, 15) is 5.26 Å². The lowest BCUT2D eigenvalue weighted by atomic mass is 10.1. The van der Waals surface area contributed by atoms with Crippen molar-refractivity contribution < 1.29 is 4.74 Å². The predicted molar refractivity (Wildman–Crippen MR) is 81.5 cm³/mol. The van der Waals surface area contributed by atoms with Crippen molar-refractivity contribution >= 4 is 17.3 Å². The Balaban J connectivity index is 2.37. The van der Waals surface area contributed by atoms with Gasteiger partial charge in [0.15, 0.2) is 5.82 Å². The van der Waals surface area contributed by atoms with Gasteiger partial charge in [0, 0.05) is 20.2 Å². The number of aryl methyl sites for hydroxylation is 1. The molecule has 0 aliphatic heterocycles. The molecule has 0 saturated heterocycles. The molecule has 21 heavy (non-hydrogen) atoms. The van der Waals surface area contributed by atoms with Crippen molar-refractivity contribution in [1.29, 1.82) is 5.26 Å². The van der Waals surface area contributed by atoms with Gasteiger partial charge < -0.3 is 15.4 Å². The Morgan fingerprint density at radius 1 is 1.29 bits per heavy atom. The van der Waals surface area contributed by atoms with Crippen molar-refractivity contribution in [1.82, 2.24) is 9.97 Å². The van der Waals surface area contributed by atoms with Gasteiger partial charge in [-0.05, 0) is 18.6 Å². The van der Waals surface area contributed by atoms with Crippen molar-refractivity contribution in [2.24, 2.45) is 0 Å². The largest absolute Gasteiger partial charge is 0.377 e. The van der Waals surface area contributed by atoms with Crippen LogP contribution in [0.3, 0.4) is 0 Å². The van der Waals surface area contributed by atoms with Crippen LogP contribution in [-0.2, 0) is 11.3 Å². The monoisotopic (exact) mass is 283 g/mol. The van der Waals surface area contributed by atoms with Crippen LogP contribution >= 0.6 is 0 Å². The fraction of sp³-hybridized carbons (Fsp3) is 0.267. The van der Waals surface area contributed by atoms with Crippen molar-refractivity contribution in [2.45, 2.75) is 13.5 Å².